The number of carbonyl (C=O) groups excluding carboxylic acids is 1. The van der Waals surface area contributed by atoms with Crippen molar-refractivity contribution in [3.05, 3.63) is 100 Å². The third-order valence-electron chi connectivity index (χ3n) is 6.23. The zero-order valence-electron chi connectivity index (χ0n) is 20.4. The number of carbonyl (C=O) groups is 1. The molecule has 1 unspecified atom stereocenters. The predicted molar refractivity (Wildman–Crippen MR) is 141 cm³/mol. The van der Waals surface area contributed by atoms with Crippen molar-refractivity contribution < 1.29 is 31.1 Å². The molecule has 0 saturated heterocycles. The summed E-state index contributed by atoms with van der Waals surface area (Å²) in [5.74, 6) is -0.0118. The van der Waals surface area contributed by atoms with Gasteiger partial charge in [-0.25, -0.2) is 0 Å². The lowest BCUT2D eigenvalue weighted by atomic mass is 9.76. The molecule has 206 valence electrons. The lowest BCUT2D eigenvalue weighted by Gasteiger charge is -2.31. The Kier molecular flexibility index (Phi) is 8.22. The van der Waals surface area contributed by atoms with Gasteiger partial charge in [-0.2, -0.15) is 43.2 Å². The molecular formula is C27H22ClF6N3OS. The van der Waals surface area contributed by atoms with Crippen LogP contribution in [0.3, 0.4) is 0 Å². The van der Waals surface area contributed by atoms with Gasteiger partial charge >= 0.3 is 12.4 Å². The number of benzene rings is 3. The van der Waals surface area contributed by atoms with Gasteiger partial charge in [0.15, 0.2) is 0 Å². The summed E-state index contributed by atoms with van der Waals surface area (Å²) in [5.41, 5.74) is -0.691. The van der Waals surface area contributed by atoms with Crippen LogP contribution in [0.15, 0.2) is 77.9 Å². The lowest BCUT2D eigenvalue weighted by molar-refractivity contribution is -0.138. The molecule has 0 saturated carbocycles. The van der Waals surface area contributed by atoms with Crippen LogP contribution in [0.4, 0.5) is 32.0 Å². The minimum atomic E-state index is -4.62. The number of amides is 1. The average molecular weight is 586 g/mol. The molecule has 1 heterocycles. The Balaban J connectivity index is 1.66. The van der Waals surface area contributed by atoms with Gasteiger partial charge in [-0.1, -0.05) is 48.0 Å². The fourth-order valence-electron chi connectivity index (χ4n) is 4.51. The molecule has 1 aliphatic heterocycles. The molecule has 0 spiro atoms. The Morgan fingerprint density at radius 3 is 2.23 bits per heavy atom. The van der Waals surface area contributed by atoms with Crippen molar-refractivity contribution in [2.24, 2.45) is 5.10 Å². The number of anilines is 1. The Morgan fingerprint density at radius 2 is 1.67 bits per heavy atom. The zero-order valence-corrected chi connectivity index (χ0v) is 22.0. The van der Waals surface area contributed by atoms with E-state index in [1.165, 1.54) is 28.9 Å². The summed E-state index contributed by atoms with van der Waals surface area (Å²) in [6.45, 7) is 0.00805. The van der Waals surface area contributed by atoms with Crippen LogP contribution in [0, 0.1) is 0 Å². The van der Waals surface area contributed by atoms with Gasteiger partial charge in [0.05, 0.1) is 33.8 Å². The van der Waals surface area contributed by atoms with Crippen molar-refractivity contribution in [3.8, 4) is 0 Å². The molecule has 0 bridgehead atoms. The number of halogens is 7. The maximum absolute atomic E-state index is 13.3. The highest BCUT2D eigenvalue weighted by Crippen LogP contribution is 2.40. The van der Waals surface area contributed by atoms with Crippen LogP contribution in [-0.2, 0) is 22.6 Å². The maximum atomic E-state index is 13.3. The van der Waals surface area contributed by atoms with Crippen LogP contribution < -0.4 is 5.32 Å². The van der Waals surface area contributed by atoms with Gasteiger partial charge in [0.2, 0.25) is 5.91 Å². The highest BCUT2D eigenvalue weighted by Gasteiger charge is 2.45. The predicted octanol–water partition coefficient (Wildman–Crippen LogP) is 7.34. The first kappa shape index (κ1) is 28.8. The summed E-state index contributed by atoms with van der Waals surface area (Å²) >= 11 is 7.55. The van der Waals surface area contributed by atoms with Crippen LogP contribution in [-0.4, -0.2) is 41.7 Å². The molecule has 1 atom stereocenters. The number of thioether (sulfide) groups is 1. The van der Waals surface area contributed by atoms with Crippen molar-refractivity contribution in [2.75, 3.05) is 30.4 Å². The second-order valence-corrected chi connectivity index (χ2v) is 10.2. The average Bonchev–Trinajstić information content (AvgIpc) is 3.22. The molecule has 1 N–H and O–H groups in total. The second-order valence-electron chi connectivity index (χ2n) is 8.97. The quantitative estimate of drug-likeness (QED) is 0.295. The number of hydrogen-bond donors (Lipinski definition) is 1. The zero-order chi connectivity index (χ0) is 28.4. The lowest BCUT2D eigenvalue weighted by Crippen LogP contribution is -2.42. The molecule has 0 radical (unpaired) electrons. The van der Waals surface area contributed by atoms with Gasteiger partial charge in [0, 0.05) is 17.0 Å². The van der Waals surface area contributed by atoms with Crippen molar-refractivity contribution in [1.82, 2.24) is 5.01 Å². The molecule has 0 aromatic heterocycles. The van der Waals surface area contributed by atoms with Crippen molar-refractivity contribution in [2.45, 2.75) is 17.8 Å². The Bertz CT molecular complexity index is 1360. The van der Waals surface area contributed by atoms with Crippen LogP contribution in [0.1, 0.15) is 22.3 Å². The van der Waals surface area contributed by atoms with E-state index < -0.39 is 39.8 Å². The number of nitrogens with one attached hydrogen (secondary N) is 1. The molecule has 4 rings (SSSR count). The minimum Gasteiger partial charge on any atom is -0.324 e. The summed E-state index contributed by atoms with van der Waals surface area (Å²) in [7, 11) is 0. The van der Waals surface area contributed by atoms with E-state index in [0.717, 1.165) is 35.9 Å². The van der Waals surface area contributed by atoms with Gasteiger partial charge in [0.25, 0.3) is 0 Å². The molecule has 3 aromatic carbocycles. The normalized spacial score (nSPS) is 17.7. The van der Waals surface area contributed by atoms with E-state index in [-0.39, 0.29) is 18.8 Å². The van der Waals surface area contributed by atoms with Gasteiger partial charge < -0.3 is 5.32 Å². The summed E-state index contributed by atoms with van der Waals surface area (Å²) in [6, 6.07) is 16.8. The van der Waals surface area contributed by atoms with E-state index in [1.54, 1.807) is 0 Å². The Hall–Kier alpha value is -3.18. The van der Waals surface area contributed by atoms with Crippen molar-refractivity contribution in [3.63, 3.8) is 0 Å². The fraction of sp³-hybridized carbons (Fsp3) is 0.259. The van der Waals surface area contributed by atoms with E-state index in [2.05, 4.69) is 10.4 Å². The molecule has 3 aromatic rings. The smallest absolute Gasteiger partial charge is 0.324 e. The maximum Gasteiger partial charge on any atom is 0.417 e. The van der Waals surface area contributed by atoms with Crippen LogP contribution >= 0.6 is 23.4 Å². The molecular weight excluding hydrogens is 564 g/mol. The van der Waals surface area contributed by atoms with E-state index in [1.807, 2.05) is 36.6 Å². The highest BCUT2D eigenvalue weighted by atomic mass is 35.5. The van der Waals surface area contributed by atoms with E-state index >= 15 is 0 Å². The van der Waals surface area contributed by atoms with Crippen LogP contribution in [0.5, 0.6) is 0 Å². The molecule has 0 aliphatic carbocycles. The van der Waals surface area contributed by atoms with Crippen molar-refractivity contribution in [1.29, 1.82) is 0 Å². The number of hydrogen-bond acceptors (Lipinski definition) is 4. The first-order valence-electron chi connectivity index (χ1n) is 11.6. The van der Waals surface area contributed by atoms with E-state index in [0.29, 0.717) is 17.0 Å². The van der Waals surface area contributed by atoms with Gasteiger partial charge in [-0.05, 0) is 48.2 Å². The summed E-state index contributed by atoms with van der Waals surface area (Å²) < 4.78 is 78.5. The number of nitrogens with zero attached hydrogens (tertiary/aromatic N) is 2. The third-order valence-corrected chi connectivity index (χ3v) is 7.33. The Labute approximate surface area is 230 Å². The topological polar surface area (TPSA) is 44.7 Å². The first-order valence-corrected chi connectivity index (χ1v) is 13.3. The fourth-order valence-corrected chi connectivity index (χ4v) is 5.69. The first-order chi connectivity index (χ1) is 18.3. The number of rotatable bonds is 7. The van der Waals surface area contributed by atoms with Gasteiger partial charge in [-0.3, -0.25) is 9.80 Å². The van der Waals surface area contributed by atoms with Crippen LogP contribution in [0.2, 0.25) is 5.02 Å². The molecule has 0 fully saturated rings. The SMILES string of the molecule is CSCC1(c2ccccc2)CN(CC(=O)Nc2ccc(C(F)(F)F)cc2)N=C1c1ccc(C(F)(F)F)c(Cl)c1. The minimum absolute atomic E-state index is 0.185. The number of alkyl halides is 6. The van der Waals surface area contributed by atoms with Gasteiger partial charge in [0.1, 0.15) is 6.54 Å². The third kappa shape index (κ3) is 6.36. The largest absolute Gasteiger partial charge is 0.417 e. The molecule has 1 amide bonds. The number of hydrazone groups is 1. The van der Waals surface area contributed by atoms with Crippen molar-refractivity contribution >= 4 is 40.7 Å². The molecule has 12 heteroatoms. The molecule has 39 heavy (non-hydrogen) atoms. The monoisotopic (exact) mass is 585 g/mol. The summed E-state index contributed by atoms with van der Waals surface area (Å²) in [5, 5.41) is 8.26. The Morgan fingerprint density at radius 1 is 1.00 bits per heavy atom. The second kappa shape index (κ2) is 11.1. The highest BCUT2D eigenvalue weighted by molar-refractivity contribution is 7.98. The standard InChI is InChI=1S/C27H22ClF6N3OS/c1-39-16-25(18-5-3-2-4-6-18)15-37(14-23(38)35-20-10-8-19(9-11-20)26(29,30)31)36-24(25)17-7-12-21(22(28)13-17)27(32,33)34/h2-13H,14-16H2,1H3,(H,35,38). The van der Waals surface area contributed by atoms with E-state index in [9.17, 15) is 31.1 Å². The van der Waals surface area contributed by atoms with Crippen LogP contribution in [0.25, 0.3) is 0 Å². The summed E-state index contributed by atoms with van der Waals surface area (Å²) in [4.78, 5) is 12.8. The van der Waals surface area contributed by atoms with E-state index in [4.69, 9.17) is 11.6 Å². The summed E-state index contributed by atoms with van der Waals surface area (Å²) in [6.07, 6.45) is -7.23. The van der Waals surface area contributed by atoms with Gasteiger partial charge in [-0.15, -0.1) is 0 Å². The molecule has 1 aliphatic rings. The molecule has 4 nitrogen and oxygen atoms in total.